The van der Waals surface area contributed by atoms with Crippen molar-refractivity contribution in [2.24, 2.45) is 0 Å². The van der Waals surface area contributed by atoms with Crippen molar-refractivity contribution < 1.29 is 34.2 Å². The Morgan fingerprint density at radius 2 is 1.18 bits per heavy atom. The number of aliphatic hydroxyl groups excluding tert-OH is 1. The highest BCUT2D eigenvalue weighted by atomic mass is 16.4. The van der Waals surface area contributed by atoms with Crippen LogP contribution in [0.25, 0.3) is 0 Å². The second-order valence-corrected chi connectivity index (χ2v) is 7.09. The number of amides is 3. The third kappa shape index (κ3) is 13.7. The zero-order valence-electron chi connectivity index (χ0n) is 20.3. The number of carbonyl (C=O) groups excluding carboxylic acids is 4. The predicted molar refractivity (Wildman–Crippen MR) is 141 cm³/mol. The van der Waals surface area contributed by atoms with Gasteiger partial charge in [-0.1, -0.05) is 13.5 Å². The van der Waals surface area contributed by atoms with Gasteiger partial charge in [-0.05, 0) is 35.9 Å². The van der Waals surface area contributed by atoms with Crippen LogP contribution < -0.4 is 16.0 Å². The number of carboxylic acid groups (broad SMARTS) is 1. The summed E-state index contributed by atoms with van der Waals surface area (Å²) >= 11 is 0. The van der Waals surface area contributed by atoms with Gasteiger partial charge in [-0.2, -0.15) is 0 Å². The molecule has 3 aromatic heterocycles. The van der Waals surface area contributed by atoms with Gasteiger partial charge in [0.05, 0.1) is 12.2 Å². The highest BCUT2D eigenvalue weighted by Crippen LogP contribution is 2.05. The summed E-state index contributed by atoms with van der Waals surface area (Å²) in [5, 5.41) is 24.7. The zero-order valence-corrected chi connectivity index (χ0v) is 20.3. The first-order valence-electron chi connectivity index (χ1n) is 10.5. The summed E-state index contributed by atoms with van der Waals surface area (Å²) in [7, 11) is 0. The number of anilines is 3. The van der Waals surface area contributed by atoms with Gasteiger partial charge in [0, 0.05) is 44.9 Å². The number of aldehydes is 1. The normalized spacial score (nSPS) is 9.05. The quantitative estimate of drug-likeness (QED) is 0.297. The number of hydrogen-bond donors (Lipinski definition) is 5. The number of nitrogens with one attached hydrogen (secondary N) is 3. The van der Waals surface area contributed by atoms with Gasteiger partial charge >= 0.3 is 5.97 Å². The lowest BCUT2D eigenvalue weighted by atomic mass is 10.3. The Morgan fingerprint density at radius 1 is 0.737 bits per heavy atom. The van der Waals surface area contributed by atoms with E-state index in [0.29, 0.717) is 29.3 Å². The van der Waals surface area contributed by atoms with E-state index in [1.165, 1.54) is 51.5 Å². The predicted octanol–water partition coefficient (Wildman–Crippen LogP) is 2.76. The monoisotopic (exact) mass is 526 g/mol. The molecule has 0 spiro atoms. The SMILES string of the molecule is C.CC(=O)Nc1ccc(C(=O)O)cn1.CC(=O)Nc1ccc(C=O)cn1.CC(=O)Nc1ccc(CO)cn1. The first-order valence-corrected chi connectivity index (χ1v) is 10.5. The molecule has 0 unspecified atom stereocenters. The van der Waals surface area contributed by atoms with Crippen LogP contribution in [-0.4, -0.2) is 55.1 Å². The minimum absolute atomic E-state index is 0. The molecule has 0 bridgehead atoms. The van der Waals surface area contributed by atoms with Crippen molar-refractivity contribution in [1.82, 2.24) is 15.0 Å². The lowest BCUT2D eigenvalue weighted by Gasteiger charge is -2.00. The van der Waals surface area contributed by atoms with Crippen LogP contribution in [0.4, 0.5) is 17.5 Å². The zero-order chi connectivity index (χ0) is 27.8. The van der Waals surface area contributed by atoms with Crippen molar-refractivity contribution in [3.63, 3.8) is 0 Å². The fourth-order valence-electron chi connectivity index (χ4n) is 2.28. The van der Waals surface area contributed by atoms with Gasteiger partial charge in [0.1, 0.15) is 17.5 Å². The molecule has 202 valence electrons. The molecule has 3 amide bonds. The van der Waals surface area contributed by atoms with Crippen molar-refractivity contribution in [1.29, 1.82) is 0 Å². The Kier molecular flexibility index (Phi) is 15.1. The largest absolute Gasteiger partial charge is 0.478 e. The number of carboxylic acids is 1. The number of nitrogens with zero attached hydrogens (tertiary/aromatic N) is 3. The van der Waals surface area contributed by atoms with Crippen LogP contribution >= 0.6 is 0 Å². The fourth-order valence-corrected chi connectivity index (χ4v) is 2.28. The second-order valence-electron chi connectivity index (χ2n) is 7.09. The van der Waals surface area contributed by atoms with E-state index < -0.39 is 5.97 Å². The fraction of sp³-hybridized carbons (Fsp3) is 0.200. The van der Waals surface area contributed by atoms with Crippen LogP contribution in [0.2, 0.25) is 0 Å². The van der Waals surface area contributed by atoms with E-state index in [4.69, 9.17) is 10.2 Å². The molecule has 0 atom stereocenters. The highest BCUT2D eigenvalue weighted by Gasteiger charge is 2.03. The lowest BCUT2D eigenvalue weighted by molar-refractivity contribution is -0.115. The Morgan fingerprint density at radius 3 is 1.47 bits per heavy atom. The number of rotatable bonds is 6. The first-order chi connectivity index (χ1) is 17.5. The van der Waals surface area contributed by atoms with E-state index in [9.17, 15) is 24.0 Å². The average Bonchev–Trinajstić information content (AvgIpc) is 2.85. The molecule has 0 aliphatic rings. The molecular formula is C25H30N6O7. The summed E-state index contributed by atoms with van der Waals surface area (Å²) in [6.45, 7) is 4.14. The van der Waals surface area contributed by atoms with Crippen LogP contribution in [0, 0.1) is 0 Å². The molecule has 3 rings (SSSR count). The minimum Gasteiger partial charge on any atom is -0.478 e. The van der Waals surface area contributed by atoms with Crippen molar-refractivity contribution in [3.05, 3.63) is 71.7 Å². The number of carbonyl (C=O) groups is 5. The van der Waals surface area contributed by atoms with Gasteiger partial charge in [0.15, 0.2) is 6.29 Å². The average molecular weight is 527 g/mol. The number of aromatic nitrogens is 3. The number of pyridine rings is 3. The van der Waals surface area contributed by atoms with Crippen molar-refractivity contribution in [2.75, 3.05) is 16.0 Å². The van der Waals surface area contributed by atoms with E-state index in [2.05, 4.69) is 30.9 Å². The van der Waals surface area contributed by atoms with Crippen molar-refractivity contribution in [2.45, 2.75) is 34.8 Å². The third-order valence-electron chi connectivity index (χ3n) is 3.85. The molecule has 3 heterocycles. The molecule has 0 saturated heterocycles. The number of aromatic carboxylic acids is 1. The summed E-state index contributed by atoms with van der Waals surface area (Å²) in [4.78, 5) is 63.7. The molecule has 0 radical (unpaired) electrons. The van der Waals surface area contributed by atoms with Gasteiger partial charge in [0.2, 0.25) is 17.7 Å². The molecule has 5 N–H and O–H groups in total. The minimum atomic E-state index is -1.04. The topological polar surface area (TPSA) is 201 Å². The first kappa shape index (κ1) is 33.0. The molecule has 0 fully saturated rings. The smallest absolute Gasteiger partial charge is 0.337 e. The summed E-state index contributed by atoms with van der Waals surface area (Å²) in [6.07, 6.45) is 4.81. The van der Waals surface area contributed by atoms with Gasteiger partial charge in [-0.15, -0.1) is 0 Å². The van der Waals surface area contributed by atoms with E-state index >= 15 is 0 Å². The van der Waals surface area contributed by atoms with Crippen LogP contribution in [0.15, 0.2) is 55.0 Å². The van der Waals surface area contributed by atoms with Crippen molar-refractivity contribution >= 4 is 47.4 Å². The van der Waals surface area contributed by atoms with E-state index in [1.807, 2.05) is 0 Å². The van der Waals surface area contributed by atoms with Gasteiger partial charge in [0.25, 0.3) is 0 Å². The Balaban J connectivity index is 0.000000534. The lowest BCUT2D eigenvalue weighted by Crippen LogP contribution is -2.07. The van der Waals surface area contributed by atoms with Gasteiger partial charge < -0.3 is 26.2 Å². The Hall–Kier alpha value is -5.04. The molecule has 3 aromatic rings. The molecule has 0 saturated carbocycles. The van der Waals surface area contributed by atoms with E-state index in [1.54, 1.807) is 24.3 Å². The maximum absolute atomic E-state index is 10.6. The second kappa shape index (κ2) is 17.4. The van der Waals surface area contributed by atoms with E-state index in [0.717, 1.165) is 5.56 Å². The molecule has 13 nitrogen and oxygen atoms in total. The molecular weight excluding hydrogens is 496 g/mol. The Labute approximate surface area is 219 Å². The summed E-state index contributed by atoms with van der Waals surface area (Å²) in [5.74, 6) is -0.316. The van der Waals surface area contributed by atoms with Gasteiger partial charge in [-0.3, -0.25) is 19.2 Å². The van der Waals surface area contributed by atoms with Crippen LogP contribution in [0.5, 0.6) is 0 Å². The third-order valence-corrected chi connectivity index (χ3v) is 3.85. The van der Waals surface area contributed by atoms with Crippen molar-refractivity contribution in [3.8, 4) is 0 Å². The van der Waals surface area contributed by atoms with E-state index in [-0.39, 0.29) is 37.3 Å². The molecule has 0 aromatic carbocycles. The molecule has 0 aliphatic heterocycles. The molecule has 0 aliphatic carbocycles. The van der Waals surface area contributed by atoms with Crippen LogP contribution in [0.1, 0.15) is 54.5 Å². The Bertz CT molecular complexity index is 1200. The summed E-state index contributed by atoms with van der Waals surface area (Å²) < 4.78 is 0. The van der Waals surface area contributed by atoms with Crippen LogP contribution in [-0.2, 0) is 21.0 Å². The maximum Gasteiger partial charge on any atom is 0.337 e. The summed E-state index contributed by atoms with van der Waals surface area (Å²) in [6, 6.07) is 9.33. The maximum atomic E-state index is 10.6. The number of aliphatic hydroxyl groups is 1. The highest BCUT2D eigenvalue weighted by molar-refractivity contribution is 5.90. The molecule has 38 heavy (non-hydrogen) atoms. The number of hydrogen-bond acceptors (Lipinski definition) is 9. The van der Waals surface area contributed by atoms with Crippen LogP contribution in [0.3, 0.4) is 0 Å². The molecule has 13 heteroatoms. The summed E-state index contributed by atoms with van der Waals surface area (Å²) in [5.41, 5.74) is 1.31. The standard InChI is InChI=1S/C8H8N2O3.C8H10N2O2.C8H8N2O2.CH4/c1-5(11)10-7-3-2-6(4-9-7)8(12)13;2*1-6(12)10-8-3-2-7(5-11)4-9-8;/h2-4H,1H3,(H,12,13)(H,9,10,11);2-4,11H,5H2,1H3,(H,9,10,12);2-5H,1H3,(H,9,10,12);1H4. The van der Waals surface area contributed by atoms with Gasteiger partial charge in [-0.25, -0.2) is 19.7 Å².